The molecular formula is C11H9N3O3. The van der Waals surface area contributed by atoms with Crippen LogP contribution < -0.4 is 5.32 Å². The lowest BCUT2D eigenvalue weighted by molar-refractivity contribution is -0.383. The molecule has 2 aromatic rings. The van der Waals surface area contributed by atoms with Crippen LogP contribution in [0.15, 0.2) is 22.6 Å². The number of anilines is 1. The van der Waals surface area contributed by atoms with Crippen LogP contribution in [-0.2, 0) is 0 Å². The molecule has 0 saturated carbocycles. The molecule has 0 aliphatic carbocycles. The van der Waals surface area contributed by atoms with Crippen molar-refractivity contribution in [3.63, 3.8) is 0 Å². The van der Waals surface area contributed by atoms with Crippen LogP contribution in [0.2, 0.25) is 0 Å². The molecule has 1 unspecified atom stereocenters. The predicted octanol–water partition coefficient (Wildman–Crippen LogP) is 2.17. The van der Waals surface area contributed by atoms with E-state index >= 15 is 0 Å². The summed E-state index contributed by atoms with van der Waals surface area (Å²) in [6.07, 6.45) is 5.20. The number of para-hydroxylation sites is 1. The van der Waals surface area contributed by atoms with Crippen molar-refractivity contribution in [2.24, 2.45) is 0 Å². The van der Waals surface area contributed by atoms with Gasteiger partial charge in [-0.25, -0.2) is 0 Å². The van der Waals surface area contributed by atoms with Crippen molar-refractivity contribution < 1.29 is 9.34 Å². The highest BCUT2D eigenvalue weighted by Gasteiger charge is 2.17. The number of nitro benzene ring substituents is 1. The number of oxazole rings is 1. The third-order valence-corrected chi connectivity index (χ3v) is 2.18. The number of nitro groups is 1. The number of non-ortho nitro benzene ring substituents is 1. The third-order valence-electron chi connectivity index (χ3n) is 2.18. The summed E-state index contributed by atoms with van der Waals surface area (Å²) in [5, 5.41) is 13.6. The van der Waals surface area contributed by atoms with Crippen LogP contribution in [0, 0.1) is 22.5 Å². The molecule has 1 heterocycles. The smallest absolute Gasteiger partial charge is 0.298 e. The van der Waals surface area contributed by atoms with Gasteiger partial charge in [0.1, 0.15) is 0 Å². The highest BCUT2D eigenvalue weighted by atomic mass is 16.6. The van der Waals surface area contributed by atoms with Gasteiger partial charge in [-0.15, -0.1) is 6.42 Å². The molecule has 1 N–H and O–H groups in total. The average molecular weight is 231 g/mol. The molecule has 0 radical (unpaired) electrons. The van der Waals surface area contributed by atoms with Crippen LogP contribution in [0.3, 0.4) is 0 Å². The van der Waals surface area contributed by atoms with Gasteiger partial charge in [-0.05, 0) is 13.0 Å². The number of benzene rings is 1. The summed E-state index contributed by atoms with van der Waals surface area (Å²) in [6.45, 7) is 1.75. The summed E-state index contributed by atoms with van der Waals surface area (Å²) in [6, 6.07) is 4.45. The zero-order chi connectivity index (χ0) is 12.4. The molecule has 0 saturated heterocycles. The molecule has 0 aliphatic heterocycles. The molecule has 2 rings (SSSR count). The summed E-state index contributed by atoms with van der Waals surface area (Å²) in [5.74, 6) is 2.45. The largest absolute Gasteiger partial charge is 0.423 e. The Morgan fingerprint density at radius 3 is 3.06 bits per heavy atom. The van der Waals surface area contributed by atoms with E-state index in [1.165, 1.54) is 6.07 Å². The fraction of sp³-hybridized carbons (Fsp3) is 0.182. The number of rotatable bonds is 3. The van der Waals surface area contributed by atoms with E-state index in [9.17, 15) is 10.1 Å². The second kappa shape index (κ2) is 4.14. The molecule has 0 amide bonds. The molecule has 0 bridgehead atoms. The Morgan fingerprint density at radius 2 is 2.41 bits per heavy atom. The van der Waals surface area contributed by atoms with Crippen LogP contribution in [-0.4, -0.2) is 15.9 Å². The first-order valence-corrected chi connectivity index (χ1v) is 4.88. The summed E-state index contributed by atoms with van der Waals surface area (Å²) >= 11 is 0. The molecule has 6 heteroatoms. The fourth-order valence-corrected chi connectivity index (χ4v) is 1.37. The second-order valence-corrected chi connectivity index (χ2v) is 3.43. The molecular weight excluding hydrogens is 222 g/mol. The van der Waals surface area contributed by atoms with Crippen molar-refractivity contribution >= 4 is 22.8 Å². The first kappa shape index (κ1) is 11.0. The van der Waals surface area contributed by atoms with Crippen LogP contribution >= 0.6 is 0 Å². The van der Waals surface area contributed by atoms with Crippen molar-refractivity contribution in [1.29, 1.82) is 0 Å². The van der Waals surface area contributed by atoms with Crippen molar-refractivity contribution in [1.82, 2.24) is 4.98 Å². The molecule has 0 spiro atoms. The number of hydrogen-bond acceptors (Lipinski definition) is 5. The van der Waals surface area contributed by atoms with E-state index in [-0.39, 0.29) is 23.3 Å². The fourth-order valence-electron chi connectivity index (χ4n) is 1.37. The van der Waals surface area contributed by atoms with Gasteiger partial charge in [0.05, 0.1) is 11.0 Å². The zero-order valence-corrected chi connectivity index (χ0v) is 9.01. The Kier molecular flexibility index (Phi) is 2.66. The number of fused-ring (bicyclic) bond motifs is 1. The highest BCUT2D eigenvalue weighted by Crippen LogP contribution is 2.27. The number of hydrogen-bond donors (Lipinski definition) is 1. The number of nitrogens with one attached hydrogen (secondary N) is 1. The molecule has 1 aromatic heterocycles. The summed E-state index contributed by atoms with van der Waals surface area (Å²) < 4.78 is 5.31. The van der Waals surface area contributed by atoms with Crippen LogP contribution in [0.5, 0.6) is 0 Å². The normalized spacial score (nSPS) is 12.0. The van der Waals surface area contributed by atoms with E-state index in [2.05, 4.69) is 16.2 Å². The van der Waals surface area contributed by atoms with E-state index in [0.29, 0.717) is 5.58 Å². The maximum Gasteiger partial charge on any atom is 0.298 e. The van der Waals surface area contributed by atoms with Gasteiger partial charge >= 0.3 is 0 Å². The number of terminal acetylenes is 1. The van der Waals surface area contributed by atoms with Crippen LogP contribution in [0.25, 0.3) is 11.1 Å². The summed E-state index contributed by atoms with van der Waals surface area (Å²) in [7, 11) is 0. The lowest BCUT2D eigenvalue weighted by Gasteiger charge is -2.01. The molecule has 6 nitrogen and oxygen atoms in total. The molecule has 86 valence electrons. The molecule has 0 fully saturated rings. The number of aromatic nitrogens is 1. The minimum absolute atomic E-state index is 0.0901. The van der Waals surface area contributed by atoms with Gasteiger partial charge in [0, 0.05) is 6.07 Å². The van der Waals surface area contributed by atoms with Crippen molar-refractivity contribution in [2.75, 3.05) is 5.32 Å². The van der Waals surface area contributed by atoms with E-state index in [4.69, 9.17) is 10.8 Å². The maximum absolute atomic E-state index is 10.8. The van der Waals surface area contributed by atoms with Crippen LogP contribution in [0.1, 0.15) is 6.92 Å². The van der Waals surface area contributed by atoms with E-state index in [1.807, 2.05) is 0 Å². The lowest BCUT2D eigenvalue weighted by Crippen LogP contribution is -2.11. The number of nitrogens with zero attached hydrogens (tertiary/aromatic N) is 2. The van der Waals surface area contributed by atoms with Gasteiger partial charge in [-0.3, -0.25) is 10.1 Å². The van der Waals surface area contributed by atoms with Crippen molar-refractivity contribution in [3.8, 4) is 12.3 Å². The average Bonchev–Trinajstić information content (AvgIpc) is 2.70. The van der Waals surface area contributed by atoms with Gasteiger partial charge in [0.25, 0.3) is 11.7 Å². The van der Waals surface area contributed by atoms with Gasteiger partial charge in [-0.2, -0.15) is 4.98 Å². The second-order valence-electron chi connectivity index (χ2n) is 3.43. The standard InChI is InChI=1S/C11H9N3O3/c1-3-7(2)12-11-13-10-8(14(15)16)5-4-6-9(10)17-11/h1,4-7H,2H3,(H,12,13). The Hall–Kier alpha value is -2.55. The predicted molar refractivity (Wildman–Crippen MR) is 62.6 cm³/mol. The van der Waals surface area contributed by atoms with Crippen molar-refractivity contribution in [3.05, 3.63) is 28.3 Å². The first-order valence-electron chi connectivity index (χ1n) is 4.88. The van der Waals surface area contributed by atoms with Crippen LogP contribution in [0.4, 0.5) is 11.7 Å². The SMILES string of the molecule is C#CC(C)Nc1nc2c([N+](=O)[O-])cccc2o1. The van der Waals surface area contributed by atoms with E-state index < -0.39 is 4.92 Å². The molecule has 17 heavy (non-hydrogen) atoms. The van der Waals surface area contributed by atoms with Crippen molar-refractivity contribution in [2.45, 2.75) is 13.0 Å². The zero-order valence-electron chi connectivity index (χ0n) is 9.01. The molecule has 1 atom stereocenters. The Bertz CT molecular complexity index is 612. The van der Waals surface area contributed by atoms with Gasteiger partial charge in [-0.1, -0.05) is 12.0 Å². The molecule has 0 aliphatic rings. The third kappa shape index (κ3) is 2.03. The lowest BCUT2D eigenvalue weighted by atomic mass is 10.3. The Balaban J connectivity index is 2.47. The molecule has 1 aromatic carbocycles. The maximum atomic E-state index is 10.8. The Labute approximate surface area is 96.8 Å². The van der Waals surface area contributed by atoms with Gasteiger partial charge < -0.3 is 9.73 Å². The minimum atomic E-state index is -0.501. The minimum Gasteiger partial charge on any atom is -0.423 e. The highest BCUT2D eigenvalue weighted by molar-refractivity contribution is 5.84. The topological polar surface area (TPSA) is 81.2 Å². The summed E-state index contributed by atoms with van der Waals surface area (Å²) in [4.78, 5) is 14.3. The first-order chi connectivity index (χ1) is 8.11. The van der Waals surface area contributed by atoms with E-state index in [1.54, 1.807) is 19.1 Å². The summed E-state index contributed by atoms with van der Waals surface area (Å²) in [5.41, 5.74) is 0.475. The van der Waals surface area contributed by atoms with E-state index in [0.717, 1.165) is 0 Å². The van der Waals surface area contributed by atoms with Gasteiger partial charge in [0.15, 0.2) is 11.1 Å². The monoisotopic (exact) mass is 231 g/mol. The van der Waals surface area contributed by atoms with Gasteiger partial charge in [0.2, 0.25) is 0 Å². The Morgan fingerprint density at radius 1 is 1.65 bits per heavy atom. The quantitative estimate of drug-likeness (QED) is 0.497.